The number of aryl methyl sites for hydroxylation is 3. The van der Waals surface area contributed by atoms with Gasteiger partial charge < -0.3 is 24.6 Å². The maximum atomic E-state index is 13.2. The molecule has 4 bridgehead atoms. The Morgan fingerprint density at radius 2 is 1.95 bits per heavy atom. The van der Waals surface area contributed by atoms with Crippen LogP contribution in [0.4, 0.5) is 11.6 Å². The van der Waals surface area contributed by atoms with Crippen molar-refractivity contribution in [1.82, 2.24) is 14.9 Å². The number of nitrogens with one attached hydrogen (secondary N) is 1. The molecule has 2 aliphatic rings. The summed E-state index contributed by atoms with van der Waals surface area (Å²) >= 11 is 0. The van der Waals surface area contributed by atoms with Crippen LogP contribution in [0, 0.1) is 13.8 Å². The van der Waals surface area contributed by atoms with E-state index < -0.39 is 5.97 Å². The van der Waals surface area contributed by atoms with Crippen LogP contribution >= 0.6 is 0 Å². The molecule has 216 valence electrons. The molecular formula is C32H38N4O5. The largest absolute Gasteiger partial charge is 0.492 e. The highest BCUT2D eigenvalue weighted by molar-refractivity contribution is 5.92. The van der Waals surface area contributed by atoms with E-state index in [2.05, 4.69) is 15.2 Å². The smallest absolute Gasteiger partial charge is 0.347 e. The number of aromatic nitrogens is 2. The van der Waals surface area contributed by atoms with Gasteiger partial charge in [0.2, 0.25) is 5.95 Å². The number of aliphatic hydroxyl groups is 1. The van der Waals surface area contributed by atoms with Gasteiger partial charge in [-0.2, -0.15) is 0 Å². The molecule has 0 spiro atoms. The number of aliphatic hydroxyl groups excluding tert-OH is 1. The van der Waals surface area contributed by atoms with Crippen LogP contribution in [0.1, 0.15) is 52.0 Å². The Morgan fingerprint density at radius 1 is 1.15 bits per heavy atom. The highest BCUT2D eigenvalue weighted by Crippen LogP contribution is 2.27. The van der Waals surface area contributed by atoms with Gasteiger partial charge in [-0.3, -0.25) is 4.90 Å². The summed E-state index contributed by atoms with van der Waals surface area (Å²) < 4.78 is 17.9. The van der Waals surface area contributed by atoms with Crippen LogP contribution in [-0.2, 0) is 17.8 Å². The third-order valence-corrected chi connectivity index (χ3v) is 7.42. The lowest BCUT2D eigenvalue weighted by molar-refractivity contribution is 0.0729. The van der Waals surface area contributed by atoms with Gasteiger partial charge in [0.15, 0.2) is 0 Å². The first kappa shape index (κ1) is 28.7. The summed E-state index contributed by atoms with van der Waals surface area (Å²) in [4.78, 5) is 24.7. The summed E-state index contributed by atoms with van der Waals surface area (Å²) in [5.41, 5.74) is 4.47. The number of rotatable bonds is 6. The zero-order valence-electron chi connectivity index (χ0n) is 23.8. The number of piperidine rings is 1. The quantitative estimate of drug-likeness (QED) is 0.248. The van der Waals surface area contributed by atoms with Crippen molar-refractivity contribution in [3.63, 3.8) is 0 Å². The predicted octanol–water partition coefficient (Wildman–Crippen LogP) is 4.91. The average Bonchev–Trinajstić information content (AvgIpc) is 2.96. The molecule has 41 heavy (non-hydrogen) atoms. The van der Waals surface area contributed by atoms with E-state index in [1.54, 1.807) is 0 Å². The molecule has 2 N–H and O–H groups in total. The molecule has 1 saturated heterocycles. The number of benzene rings is 2. The fourth-order valence-electron chi connectivity index (χ4n) is 5.06. The fraction of sp³-hybridized carbons (Fsp3) is 0.406. The molecule has 3 heterocycles. The first-order chi connectivity index (χ1) is 20.0. The number of hydrogen-bond acceptors (Lipinski definition) is 9. The van der Waals surface area contributed by atoms with E-state index in [1.165, 1.54) is 6.20 Å². The van der Waals surface area contributed by atoms with E-state index >= 15 is 0 Å². The molecule has 0 unspecified atom stereocenters. The predicted molar refractivity (Wildman–Crippen MR) is 157 cm³/mol. The molecule has 0 radical (unpaired) electrons. The van der Waals surface area contributed by atoms with Crippen molar-refractivity contribution >= 4 is 17.6 Å². The Kier molecular flexibility index (Phi) is 9.61. The highest BCUT2D eigenvalue weighted by Gasteiger charge is 2.20. The third-order valence-electron chi connectivity index (χ3n) is 7.42. The number of hydrogen-bond donors (Lipinski definition) is 2. The van der Waals surface area contributed by atoms with Crippen LogP contribution < -0.4 is 14.8 Å². The number of fused-ring (bicyclic) bond motifs is 4. The van der Waals surface area contributed by atoms with E-state index in [4.69, 9.17) is 19.2 Å². The van der Waals surface area contributed by atoms with Crippen molar-refractivity contribution in [3.05, 3.63) is 82.7 Å². The highest BCUT2D eigenvalue weighted by atomic mass is 16.5. The first-order valence-corrected chi connectivity index (χ1v) is 14.3. The van der Waals surface area contributed by atoms with Crippen molar-refractivity contribution in [2.45, 2.75) is 52.2 Å². The second-order valence-corrected chi connectivity index (χ2v) is 10.6. The average molecular weight is 559 g/mol. The van der Waals surface area contributed by atoms with Gasteiger partial charge in [-0.25, -0.2) is 14.8 Å². The van der Waals surface area contributed by atoms with Crippen LogP contribution in [0.5, 0.6) is 11.5 Å². The molecule has 0 saturated carbocycles. The van der Waals surface area contributed by atoms with Crippen molar-refractivity contribution < 1.29 is 24.1 Å². The second-order valence-electron chi connectivity index (χ2n) is 10.6. The molecule has 3 aromatic rings. The summed E-state index contributed by atoms with van der Waals surface area (Å²) in [6.45, 7) is 7.85. The van der Waals surface area contributed by atoms with Crippen LogP contribution in [-0.4, -0.2) is 64.9 Å². The van der Waals surface area contributed by atoms with Gasteiger partial charge in [-0.15, -0.1) is 0 Å². The molecule has 5 rings (SSSR count). The van der Waals surface area contributed by atoms with E-state index in [1.807, 2.05) is 62.4 Å². The fourth-order valence-corrected chi connectivity index (χ4v) is 5.06. The maximum absolute atomic E-state index is 13.2. The van der Waals surface area contributed by atoms with Crippen LogP contribution in [0.15, 0.2) is 54.7 Å². The van der Waals surface area contributed by atoms with Gasteiger partial charge in [0.1, 0.15) is 23.7 Å². The minimum Gasteiger partial charge on any atom is -0.492 e. The van der Waals surface area contributed by atoms with Crippen molar-refractivity contribution in [3.8, 4) is 11.5 Å². The Morgan fingerprint density at radius 3 is 2.76 bits per heavy atom. The summed E-state index contributed by atoms with van der Waals surface area (Å²) in [5, 5.41) is 13.0. The summed E-state index contributed by atoms with van der Waals surface area (Å²) in [7, 11) is 0. The number of likely N-dealkylation sites (tertiary alicyclic amines) is 1. The minimum atomic E-state index is -0.470. The molecule has 2 aliphatic heterocycles. The zero-order chi connectivity index (χ0) is 28.6. The number of nitrogens with zero attached hydrogens (tertiary/aromatic N) is 3. The van der Waals surface area contributed by atoms with Crippen LogP contribution in [0.2, 0.25) is 0 Å². The summed E-state index contributed by atoms with van der Waals surface area (Å²) in [5.74, 6) is 1.27. The first-order valence-electron chi connectivity index (χ1n) is 14.3. The van der Waals surface area contributed by atoms with Gasteiger partial charge in [0, 0.05) is 37.1 Å². The molecule has 1 aromatic heterocycles. The van der Waals surface area contributed by atoms with E-state index in [9.17, 15) is 9.90 Å². The zero-order valence-corrected chi connectivity index (χ0v) is 23.8. The Labute approximate surface area is 241 Å². The monoisotopic (exact) mass is 558 g/mol. The van der Waals surface area contributed by atoms with Crippen molar-refractivity contribution in [2.75, 3.05) is 38.2 Å². The van der Waals surface area contributed by atoms with Crippen molar-refractivity contribution in [2.24, 2.45) is 0 Å². The molecule has 9 heteroatoms. The standard InChI is InChI=1S/C32H38N4O5/c1-22-7-6-8-23(2)30(22)41-31(38)27-20-33-32-34-25-10-11-29(40-18-16-36-14-12-26(37)13-15-36)24(19-25)21-39-17-5-3-4-9-28(27)35-32/h3,5-8,10-11,19-20,26,37H,4,9,12-18,21H2,1-2H3,(H,33,34,35)/b5-3-. The molecular weight excluding hydrogens is 520 g/mol. The normalized spacial score (nSPS) is 17.2. The molecule has 0 atom stereocenters. The van der Waals surface area contributed by atoms with Crippen LogP contribution in [0.3, 0.4) is 0 Å². The number of anilines is 2. The summed E-state index contributed by atoms with van der Waals surface area (Å²) in [6.07, 6.45) is 8.24. The molecule has 1 fully saturated rings. The number of carbonyl (C=O) groups is 1. The lowest BCUT2D eigenvalue weighted by Gasteiger charge is -2.29. The lowest BCUT2D eigenvalue weighted by Crippen LogP contribution is -2.38. The number of para-hydroxylation sites is 1. The van der Waals surface area contributed by atoms with E-state index in [0.717, 1.165) is 60.6 Å². The number of allylic oxidation sites excluding steroid dienone is 1. The van der Waals surface area contributed by atoms with E-state index in [0.29, 0.717) is 55.6 Å². The second kappa shape index (κ2) is 13.7. The van der Waals surface area contributed by atoms with E-state index in [-0.39, 0.29) is 6.10 Å². The Hall–Kier alpha value is -3.79. The molecule has 0 aliphatic carbocycles. The molecule has 9 nitrogen and oxygen atoms in total. The van der Waals surface area contributed by atoms with Gasteiger partial charge in [-0.1, -0.05) is 30.4 Å². The SMILES string of the molecule is Cc1cccc(C)c1OC(=O)c1cnc2nc1CC/C=C\COCc1cc(ccc1OCCN1CCC(O)CC1)N2. The number of esters is 1. The lowest BCUT2D eigenvalue weighted by atomic mass is 10.1. The molecule has 0 amide bonds. The molecule has 2 aromatic carbocycles. The number of carbonyl (C=O) groups excluding carboxylic acids is 1. The Bertz CT molecular complexity index is 1360. The number of ether oxygens (including phenoxy) is 3. The van der Waals surface area contributed by atoms with Gasteiger partial charge in [0.05, 0.1) is 25.0 Å². The Balaban J connectivity index is 1.32. The van der Waals surface area contributed by atoms with Gasteiger partial charge in [0.25, 0.3) is 0 Å². The van der Waals surface area contributed by atoms with Crippen LogP contribution in [0.25, 0.3) is 0 Å². The van der Waals surface area contributed by atoms with Crippen molar-refractivity contribution in [1.29, 1.82) is 0 Å². The summed E-state index contributed by atoms with van der Waals surface area (Å²) in [6, 6.07) is 11.6. The van der Waals surface area contributed by atoms with Gasteiger partial charge in [-0.05, 0) is 68.9 Å². The third kappa shape index (κ3) is 7.70. The maximum Gasteiger partial charge on any atom is 0.347 e. The topological polar surface area (TPSA) is 106 Å². The minimum absolute atomic E-state index is 0.182. The van der Waals surface area contributed by atoms with Gasteiger partial charge >= 0.3 is 5.97 Å².